The average Bonchev–Trinajstić information content (AvgIpc) is 2.78. The molecule has 0 unspecified atom stereocenters. The van der Waals surface area contributed by atoms with Crippen LogP contribution in [0.4, 0.5) is 10.5 Å². The average molecular weight is 453 g/mol. The number of imide groups is 2. The van der Waals surface area contributed by atoms with Crippen molar-refractivity contribution >= 4 is 35.1 Å². The Hall–Kier alpha value is -2.90. The van der Waals surface area contributed by atoms with Gasteiger partial charge in [0.15, 0.2) is 5.41 Å². The minimum Gasteiger partial charge on any atom is -0.364 e. The summed E-state index contributed by atoms with van der Waals surface area (Å²) in [4.78, 5) is 45.6. The Kier molecular flexibility index (Phi) is 5.18. The van der Waals surface area contributed by atoms with E-state index in [0.717, 1.165) is 23.4 Å². The van der Waals surface area contributed by atoms with Crippen LogP contribution in [0.2, 0.25) is 5.02 Å². The van der Waals surface area contributed by atoms with E-state index in [9.17, 15) is 14.4 Å². The van der Waals surface area contributed by atoms with E-state index in [1.165, 1.54) is 4.90 Å². The number of carbonyl (C=O) groups excluding carboxylic acids is 3. The molecule has 3 aliphatic heterocycles. The van der Waals surface area contributed by atoms with Gasteiger partial charge in [-0.25, -0.2) is 4.79 Å². The Morgan fingerprint density at radius 3 is 2.62 bits per heavy atom. The monoisotopic (exact) mass is 452 g/mol. The number of hydrogen-bond donors (Lipinski definition) is 1. The Morgan fingerprint density at radius 1 is 1.06 bits per heavy atom. The van der Waals surface area contributed by atoms with Crippen molar-refractivity contribution in [1.82, 2.24) is 15.1 Å². The number of barbiturate groups is 1. The van der Waals surface area contributed by atoms with Gasteiger partial charge in [0.05, 0.1) is 6.04 Å². The molecule has 1 spiro atoms. The number of halogens is 1. The first-order valence-corrected chi connectivity index (χ1v) is 11.2. The van der Waals surface area contributed by atoms with Gasteiger partial charge in [0.25, 0.3) is 0 Å². The Bertz CT molecular complexity index is 1090. The molecule has 2 aromatic rings. The zero-order valence-corrected chi connectivity index (χ0v) is 18.6. The highest BCUT2D eigenvalue weighted by Gasteiger charge is 2.62. The summed E-state index contributed by atoms with van der Waals surface area (Å²) < 4.78 is 0. The van der Waals surface area contributed by atoms with Crippen molar-refractivity contribution in [1.29, 1.82) is 0 Å². The fraction of sp³-hybridized carbons (Fsp3) is 0.375. The molecular weight excluding hydrogens is 428 g/mol. The van der Waals surface area contributed by atoms with Crippen LogP contribution < -0.4 is 10.2 Å². The summed E-state index contributed by atoms with van der Waals surface area (Å²) in [5.41, 5.74) is 1.37. The third kappa shape index (κ3) is 3.19. The lowest BCUT2D eigenvalue weighted by Crippen LogP contribution is -2.75. The van der Waals surface area contributed by atoms with Gasteiger partial charge >= 0.3 is 6.03 Å². The van der Waals surface area contributed by atoms with Crippen molar-refractivity contribution in [2.45, 2.75) is 18.9 Å². The number of nitrogens with one attached hydrogen (secondary N) is 1. The van der Waals surface area contributed by atoms with E-state index in [-0.39, 0.29) is 19.0 Å². The first-order valence-electron chi connectivity index (χ1n) is 10.9. The summed E-state index contributed by atoms with van der Waals surface area (Å²) in [6.07, 6.45) is 0.701. The summed E-state index contributed by atoms with van der Waals surface area (Å²) in [5, 5.41) is 3.03. The van der Waals surface area contributed by atoms with Crippen LogP contribution in [0.1, 0.15) is 11.1 Å². The Morgan fingerprint density at radius 2 is 1.84 bits per heavy atom. The highest BCUT2D eigenvalue weighted by Crippen LogP contribution is 2.47. The zero-order valence-electron chi connectivity index (χ0n) is 17.9. The lowest BCUT2D eigenvalue weighted by atomic mass is 9.67. The van der Waals surface area contributed by atoms with Crippen LogP contribution in [0.3, 0.4) is 0 Å². The van der Waals surface area contributed by atoms with Gasteiger partial charge in [0.1, 0.15) is 0 Å². The maximum atomic E-state index is 14.0. The van der Waals surface area contributed by atoms with Crippen LogP contribution in [0.5, 0.6) is 0 Å². The quantitative estimate of drug-likeness (QED) is 0.723. The molecule has 32 heavy (non-hydrogen) atoms. The third-order valence-electron chi connectivity index (χ3n) is 6.98. The van der Waals surface area contributed by atoms with Crippen molar-refractivity contribution in [3.63, 3.8) is 0 Å². The number of rotatable bonds is 3. The first-order chi connectivity index (χ1) is 15.4. The molecule has 0 radical (unpaired) electrons. The Balaban J connectivity index is 1.55. The lowest BCUT2D eigenvalue weighted by Gasteiger charge is -2.55. The van der Waals surface area contributed by atoms with Crippen LogP contribution in [-0.4, -0.2) is 66.9 Å². The van der Waals surface area contributed by atoms with E-state index in [1.54, 1.807) is 6.07 Å². The van der Waals surface area contributed by atoms with Crippen molar-refractivity contribution in [3.8, 4) is 0 Å². The number of nitrogens with zero attached hydrogens (tertiary/aromatic N) is 3. The van der Waals surface area contributed by atoms with Crippen molar-refractivity contribution in [3.05, 3.63) is 64.7 Å². The molecule has 8 heteroatoms. The third-order valence-corrected chi connectivity index (χ3v) is 7.33. The number of benzene rings is 2. The van der Waals surface area contributed by atoms with Crippen molar-refractivity contribution < 1.29 is 14.4 Å². The zero-order chi connectivity index (χ0) is 22.5. The summed E-state index contributed by atoms with van der Waals surface area (Å²) in [5.74, 6) is -0.961. The number of likely N-dealkylation sites (N-methyl/N-ethyl adjacent to an activating group) is 1. The van der Waals surface area contributed by atoms with Gasteiger partial charge < -0.3 is 9.80 Å². The normalized spacial score (nSPS) is 25.6. The molecule has 1 N–H and O–H groups in total. The molecule has 0 aliphatic carbocycles. The van der Waals surface area contributed by atoms with Crippen molar-refractivity contribution in [2.24, 2.45) is 5.41 Å². The van der Waals surface area contributed by atoms with Gasteiger partial charge in [0, 0.05) is 43.3 Å². The summed E-state index contributed by atoms with van der Waals surface area (Å²) in [7, 11) is 1.99. The summed E-state index contributed by atoms with van der Waals surface area (Å²) in [6.45, 7) is 2.24. The van der Waals surface area contributed by atoms with Gasteiger partial charge in [-0.1, -0.05) is 48.0 Å². The number of anilines is 1. The topological polar surface area (TPSA) is 73.0 Å². The van der Waals surface area contributed by atoms with Gasteiger partial charge in [0.2, 0.25) is 11.8 Å². The maximum Gasteiger partial charge on any atom is 0.330 e. The van der Waals surface area contributed by atoms with E-state index in [1.807, 2.05) is 49.5 Å². The summed E-state index contributed by atoms with van der Waals surface area (Å²) >= 11 is 6.55. The van der Waals surface area contributed by atoms with Gasteiger partial charge in [-0.05, 0) is 36.7 Å². The van der Waals surface area contributed by atoms with Crippen LogP contribution in [-0.2, 0) is 22.4 Å². The van der Waals surface area contributed by atoms with E-state index in [2.05, 4.69) is 15.1 Å². The molecule has 2 atom stereocenters. The van der Waals surface area contributed by atoms with Crippen LogP contribution in [0, 0.1) is 5.41 Å². The molecule has 7 nitrogen and oxygen atoms in total. The minimum absolute atomic E-state index is 0.177. The molecule has 5 rings (SSSR count). The number of amides is 4. The largest absolute Gasteiger partial charge is 0.364 e. The molecule has 0 bridgehead atoms. The lowest BCUT2D eigenvalue weighted by molar-refractivity contribution is -0.154. The van der Waals surface area contributed by atoms with Crippen LogP contribution in [0.25, 0.3) is 0 Å². The molecule has 2 fully saturated rings. The first kappa shape index (κ1) is 21.0. The second kappa shape index (κ2) is 7.90. The second-order valence-electron chi connectivity index (χ2n) is 8.81. The molecule has 3 heterocycles. The van der Waals surface area contributed by atoms with Gasteiger partial charge in [-0.15, -0.1) is 0 Å². The molecule has 2 saturated heterocycles. The highest BCUT2D eigenvalue weighted by molar-refractivity contribution is 6.32. The molecule has 0 saturated carbocycles. The van der Waals surface area contributed by atoms with Crippen LogP contribution >= 0.6 is 11.6 Å². The SMILES string of the molecule is CN1CCN2c3cccc(Cl)c3C[C@@]3(C(=O)NC(=O)N(CCc4ccccc4)C3=O)[C@H]2C1. The fourth-order valence-electron chi connectivity index (χ4n) is 5.26. The molecule has 0 aromatic heterocycles. The standard InChI is InChI=1S/C24H25ClN4O3/c1-27-12-13-28-19-9-5-8-18(25)17(19)14-24(20(28)15-27)21(30)26-23(32)29(22(24)31)11-10-16-6-3-2-4-7-16/h2-9,20H,10-15H2,1H3,(H,26,30,32)/t20-,24+/m1/s1. The maximum absolute atomic E-state index is 14.0. The molecule has 4 amide bonds. The molecular formula is C24H25ClN4O3. The van der Waals surface area contributed by atoms with Gasteiger partial charge in [-0.3, -0.25) is 19.8 Å². The summed E-state index contributed by atoms with van der Waals surface area (Å²) in [6, 6.07) is 14.3. The second-order valence-corrected chi connectivity index (χ2v) is 9.22. The number of fused-ring (bicyclic) bond motifs is 4. The van der Waals surface area contributed by atoms with E-state index in [4.69, 9.17) is 11.6 Å². The van der Waals surface area contributed by atoms with E-state index >= 15 is 0 Å². The minimum atomic E-state index is -1.41. The van der Waals surface area contributed by atoms with E-state index < -0.39 is 23.3 Å². The predicted octanol–water partition coefficient (Wildman–Crippen LogP) is 2.32. The highest BCUT2D eigenvalue weighted by atomic mass is 35.5. The smallest absolute Gasteiger partial charge is 0.330 e. The Labute approximate surface area is 191 Å². The van der Waals surface area contributed by atoms with Crippen molar-refractivity contribution in [2.75, 3.05) is 38.1 Å². The molecule has 2 aromatic carbocycles. The molecule has 3 aliphatic rings. The number of carbonyl (C=O) groups is 3. The molecule has 166 valence electrons. The number of urea groups is 1. The predicted molar refractivity (Wildman–Crippen MR) is 122 cm³/mol. The number of hydrogen-bond acceptors (Lipinski definition) is 5. The number of piperazine rings is 1. The van der Waals surface area contributed by atoms with Crippen LogP contribution in [0.15, 0.2) is 48.5 Å². The van der Waals surface area contributed by atoms with E-state index in [0.29, 0.717) is 24.5 Å². The fourth-order valence-corrected chi connectivity index (χ4v) is 5.50. The van der Waals surface area contributed by atoms with Gasteiger partial charge in [-0.2, -0.15) is 0 Å².